The molecule has 192 valence electrons. The zero-order chi connectivity index (χ0) is 26.2. The van der Waals surface area contributed by atoms with Crippen LogP contribution in [0, 0.1) is 19.8 Å². The molecule has 2 atom stereocenters. The van der Waals surface area contributed by atoms with Gasteiger partial charge in [-0.15, -0.1) is 0 Å². The van der Waals surface area contributed by atoms with Crippen molar-refractivity contribution in [2.75, 3.05) is 0 Å². The standard InChI is InChI=1S/C33H33N3OS/c1-22-11-7-10-16-30(22)36-32(37)31(38-33(36)34-28-14-5-4-6-15-28)21-27-19-23(2)35(24(27)3)29-18-17-25-12-8-9-13-26(25)20-29/h4-6,8-9,12-15,17-22,30H,7,10-11,16H2,1-3H3/b31-21-,34-33?/t22-,30-/m0/s1. The first-order valence-electron chi connectivity index (χ1n) is 13.5. The highest BCUT2D eigenvalue weighted by molar-refractivity contribution is 8.18. The number of aromatic nitrogens is 1. The van der Waals surface area contributed by atoms with Crippen LogP contribution in [0.5, 0.6) is 0 Å². The Labute approximate surface area is 229 Å². The van der Waals surface area contributed by atoms with E-state index in [2.05, 4.69) is 79.9 Å². The van der Waals surface area contributed by atoms with E-state index in [0.29, 0.717) is 5.92 Å². The molecule has 0 bridgehead atoms. The first kappa shape index (κ1) is 24.7. The van der Waals surface area contributed by atoms with Crippen LogP contribution in [0.2, 0.25) is 0 Å². The van der Waals surface area contributed by atoms with E-state index in [4.69, 9.17) is 4.99 Å². The molecule has 38 heavy (non-hydrogen) atoms. The summed E-state index contributed by atoms with van der Waals surface area (Å²) in [6.07, 6.45) is 6.66. The lowest BCUT2D eigenvalue weighted by Gasteiger charge is -2.35. The fraction of sp³-hybridized carbons (Fsp3) is 0.273. The second-order valence-corrected chi connectivity index (χ2v) is 11.5. The number of carbonyl (C=O) groups is 1. The molecule has 2 heterocycles. The second kappa shape index (κ2) is 10.3. The van der Waals surface area contributed by atoms with Crippen LogP contribution < -0.4 is 0 Å². The third-order valence-corrected chi connectivity index (χ3v) is 8.95. The Morgan fingerprint density at radius 2 is 1.63 bits per heavy atom. The van der Waals surface area contributed by atoms with E-state index in [1.807, 2.05) is 35.2 Å². The number of nitrogens with zero attached hydrogens (tertiary/aromatic N) is 3. The monoisotopic (exact) mass is 519 g/mol. The average Bonchev–Trinajstić information content (AvgIpc) is 3.38. The number of rotatable bonds is 4. The van der Waals surface area contributed by atoms with E-state index >= 15 is 0 Å². The molecule has 0 radical (unpaired) electrons. The topological polar surface area (TPSA) is 37.6 Å². The molecular weight excluding hydrogens is 486 g/mol. The molecule has 5 heteroatoms. The Balaban J connectivity index is 1.39. The zero-order valence-electron chi connectivity index (χ0n) is 22.2. The summed E-state index contributed by atoms with van der Waals surface area (Å²) in [7, 11) is 0. The number of aliphatic imine (C=N–C) groups is 1. The molecule has 1 aromatic heterocycles. The van der Waals surface area contributed by atoms with Gasteiger partial charge in [0.1, 0.15) is 0 Å². The molecule has 1 saturated carbocycles. The number of thioether (sulfide) groups is 1. The van der Waals surface area contributed by atoms with Gasteiger partial charge in [0.25, 0.3) is 5.91 Å². The largest absolute Gasteiger partial charge is 0.318 e. The molecule has 1 amide bonds. The predicted octanol–water partition coefficient (Wildman–Crippen LogP) is 8.43. The summed E-state index contributed by atoms with van der Waals surface area (Å²) < 4.78 is 2.28. The van der Waals surface area contributed by atoms with Crippen molar-refractivity contribution in [2.24, 2.45) is 10.9 Å². The highest BCUT2D eigenvalue weighted by Crippen LogP contribution is 2.40. The summed E-state index contributed by atoms with van der Waals surface area (Å²) in [5, 5.41) is 3.25. The maximum Gasteiger partial charge on any atom is 0.267 e. The van der Waals surface area contributed by atoms with Crippen LogP contribution in [-0.2, 0) is 4.79 Å². The van der Waals surface area contributed by atoms with Gasteiger partial charge in [0.15, 0.2) is 5.17 Å². The van der Waals surface area contributed by atoms with Crippen molar-refractivity contribution < 1.29 is 4.79 Å². The Kier molecular flexibility index (Phi) is 6.71. The lowest BCUT2D eigenvalue weighted by molar-refractivity contribution is -0.124. The molecule has 3 aromatic carbocycles. The maximum atomic E-state index is 13.9. The molecule has 1 aliphatic heterocycles. The van der Waals surface area contributed by atoms with E-state index in [0.717, 1.165) is 57.7 Å². The molecule has 1 saturated heterocycles. The Morgan fingerprint density at radius 1 is 0.895 bits per heavy atom. The summed E-state index contributed by atoms with van der Waals surface area (Å²) in [5.74, 6) is 0.547. The number of hydrogen-bond donors (Lipinski definition) is 0. The number of aryl methyl sites for hydroxylation is 1. The van der Waals surface area contributed by atoms with Crippen LogP contribution in [0.15, 0.2) is 88.8 Å². The molecule has 1 aliphatic carbocycles. The van der Waals surface area contributed by atoms with Crippen molar-refractivity contribution in [2.45, 2.75) is 52.5 Å². The maximum absolute atomic E-state index is 13.9. The number of carbonyl (C=O) groups excluding carboxylic acids is 1. The summed E-state index contributed by atoms with van der Waals surface area (Å²) in [6.45, 7) is 6.55. The molecule has 2 fully saturated rings. The van der Waals surface area contributed by atoms with Gasteiger partial charge in [-0.3, -0.25) is 9.69 Å². The molecule has 0 spiro atoms. The summed E-state index contributed by atoms with van der Waals surface area (Å²) in [4.78, 5) is 21.6. The number of amidine groups is 1. The number of hydrogen-bond acceptors (Lipinski definition) is 3. The normalized spacial score (nSPS) is 22.2. The van der Waals surface area contributed by atoms with E-state index in [9.17, 15) is 4.79 Å². The van der Waals surface area contributed by atoms with E-state index < -0.39 is 0 Å². The van der Waals surface area contributed by atoms with Crippen molar-refractivity contribution in [3.8, 4) is 5.69 Å². The number of fused-ring (bicyclic) bond motifs is 1. The van der Waals surface area contributed by atoms with Gasteiger partial charge >= 0.3 is 0 Å². The SMILES string of the molecule is Cc1cc(/C=C2\SC(=Nc3ccccc3)N([C@H]3CCCC[C@@H]3C)C2=O)c(C)n1-c1ccc2ccccc2c1. The Bertz CT molecular complexity index is 1570. The van der Waals surface area contributed by atoms with Crippen LogP contribution in [0.4, 0.5) is 5.69 Å². The third-order valence-electron chi connectivity index (χ3n) is 7.96. The van der Waals surface area contributed by atoms with Crippen molar-refractivity contribution in [1.29, 1.82) is 0 Å². The molecule has 0 unspecified atom stereocenters. The molecular formula is C33H33N3OS. The average molecular weight is 520 g/mol. The van der Waals surface area contributed by atoms with Gasteiger partial charge in [-0.25, -0.2) is 4.99 Å². The lowest BCUT2D eigenvalue weighted by atomic mass is 9.85. The van der Waals surface area contributed by atoms with Gasteiger partial charge in [0, 0.05) is 23.1 Å². The Morgan fingerprint density at radius 3 is 2.42 bits per heavy atom. The smallest absolute Gasteiger partial charge is 0.267 e. The van der Waals surface area contributed by atoms with Crippen LogP contribution in [-0.4, -0.2) is 26.6 Å². The van der Waals surface area contributed by atoms with Crippen LogP contribution >= 0.6 is 11.8 Å². The predicted molar refractivity (Wildman–Crippen MR) is 160 cm³/mol. The minimum atomic E-state index is 0.0824. The van der Waals surface area contributed by atoms with Gasteiger partial charge in [-0.1, -0.05) is 68.3 Å². The molecule has 4 aromatic rings. The minimum Gasteiger partial charge on any atom is -0.318 e. The minimum absolute atomic E-state index is 0.0824. The van der Waals surface area contributed by atoms with Crippen LogP contribution in [0.3, 0.4) is 0 Å². The van der Waals surface area contributed by atoms with E-state index in [1.54, 1.807) is 0 Å². The van der Waals surface area contributed by atoms with Crippen molar-refractivity contribution in [1.82, 2.24) is 9.47 Å². The van der Waals surface area contributed by atoms with Crippen molar-refractivity contribution >= 4 is 45.4 Å². The highest BCUT2D eigenvalue weighted by atomic mass is 32.2. The quantitative estimate of drug-likeness (QED) is 0.254. The summed E-state index contributed by atoms with van der Waals surface area (Å²) >= 11 is 1.51. The number of benzene rings is 3. The first-order valence-corrected chi connectivity index (χ1v) is 14.4. The van der Waals surface area contributed by atoms with Crippen LogP contribution in [0.25, 0.3) is 22.5 Å². The summed E-state index contributed by atoms with van der Waals surface area (Å²) in [5.41, 5.74) is 5.37. The zero-order valence-corrected chi connectivity index (χ0v) is 23.0. The lowest BCUT2D eigenvalue weighted by Crippen LogP contribution is -2.44. The van der Waals surface area contributed by atoms with E-state index in [-0.39, 0.29) is 11.9 Å². The van der Waals surface area contributed by atoms with Gasteiger partial charge < -0.3 is 4.57 Å². The van der Waals surface area contributed by atoms with Gasteiger partial charge in [0.05, 0.1) is 10.6 Å². The third kappa shape index (κ3) is 4.60. The number of para-hydroxylation sites is 1. The highest BCUT2D eigenvalue weighted by Gasteiger charge is 2.41. The fourth-order valence-electron chi connectivity index (χ4n) is 5.94. The fourth-order valence-corrected chi connectivity index (χ4v) is 6.97. The van der Waals surface area contributed by atoms with Crippen LogP contribution in [0.1, 0.15) is 49.6 Å². The summed E-state index contributed by atoms with van der Waals surface area (Å²) in [6, 6.07) is 27.4. The first-order chi connectivity index (χ1) is 18.5. The Hall–Kier alpha value is -3.57. The molecule has 4 nitrogen and oxygen atoms in total. The van der Waals surface area contributed by atoms with Gasteiger partial charge in [0.2, 0.25) is 0 Å². The van der Waals surface area contributed by atoms with Gasteiger partial charge in [-0.2, -0.15) is 0 Å². The number of amides is 1. The molecule has 0 N–H and O–H groups in total. The van der Waals surface area contributed by atoms with Crippen molar-refractivity contribution in [3.63, 3.8) is 0 Å². The van der Waals surface area contributed by atoms with E-state index in [1.165, 1.54) is 29.0 Å². The molecule has 6 rings (SSSR count). The van der Waals surface area contributed by atoms with Gasteiger partial charge in [-0.05, 0) is 97.1 Å². The van der Waals surface area contributed by atoms with Crippen molar-refractivity contribution in [3.05, 3.63) is 101 Å². The molecule has 2 aliphatic rings. The second-order valence-electron chi connectivity index (χ2n) is 10.5.